The van der Waals surface area contributed by atoms with Gasteiger partial charge in [-0.2, -0.15) is 5.26 Å². The molecule has 0 fully saturated rings. The van der Waals surface area contributed by atoms with E-state index in [-0.39, 0.29) is 17.1 Å². The number of nitrogens with zero attached hydrogens (tertiary/aromatic N) is 3. The fourth-order valence-electron chi connectivity index (χ4n) is 3.00. The van der Waals surface area contributed by atoms with Gasteiger partial charge in [0.05, 0.1) is 16.2 Å². The Morgan fingerprint density at radius 1 is 1.08 bits per heavy atom. The van der Waals surface area contributed by atoms with Crippen molar-refractivity contribution in [3.8, 4) is 28.5 Å². The van der Waals surface area contributed by atoms with E-state index in [9.17, 15) is 15.4 Å². The lowest BCUT2D eigenvalue weighted by atomic mass is 9.94. The summed E-state index contributed by atoms with van der Waals surface area (Å²) < 4.78 is 0. The highest BCUT2D eigenvalue weighted by Crippen LogP contribution is 2.35. The number of aryl methyl sites for hydroxylation is 2. The first kappa shape index (κ1) is 17.1. The highest BCUT2D eigenvalue weighted by Gasteiger charge is 2.20. The van der Waals surface area contributed by atoms with E-state index < -0.39 is 4.92 Å². The highest BCUT2D eigenvalue weighted by atomic mass is 16.6. The van der Waals surface area contributed by atoms with Gasteiger partial charge in [0.2, 0.25) is 0 Å². The maximum Gasteiger partial charge on any atom is 0.278 e. The van der Waals surface area contributed by atoms with Crippen molar-refractivity contribution in [3.63, 3.8) is 0 Å². The van der Waals surface area contributed by atoms with Crippen molar-refractivity contribution in [2.75, 3.05) is 5.73 Å². The van der Waals surface area contributed by atoms with Crippen molar-refractivity contribution in [1.29, 1.82) is 5.26 Å². The molecule has 0 amide bonds. The molecule has 0 aliphatic rings. The first-order chi connectivity index (χ1) is 12.4. The second-order valence-electron chi connectivity index (χ2n) is 6.02. The average molecular weight is 344 g/mol. The van der Waals surface area contributed by atoms with E-state index in [1.165, 1.54) is 6.07 Å². The van der Waals surface area contributed by atoms with Crippen molar-refractivity contribution in [1.82, 2.24) is 4.98 Å². The topological polar surface area (TPSA) is 106 Å². The molecule has 26 heavy (non-hydrogen) atoms. The molecule has 2 N–H and O–H groups in total. The van der Waals surface area contributed by atoms with Crippen molar-refractivity contribution in [2.24, 2.45) is 0 Å². The van der Waals surface area contributed by atoms with Crippen molar-refractivity contribution in [2.45, 2.75) is 13.8 Å². The van der Waals surface area contributed by atoms with Crippen LogP contribution in [-0.4, -0.2) is 9.91 Å². The Morgan fingerprint density at radius 3 is 2.46 bits per heavy atom. The Kier molecular flexibility index (Phi) is 4.38. The number of para-hydroxylation sites is 1. The molecule has 0 saturated carbocycles. The van der Waals surface area contributed by atoms with Gasteiger partial charge in [0.25, 0.3) is 5.69 Å². The van der Waals surface area contributed by atoms with Crippen LogP contribution in [0.15, 0.2) is 48.5 Å². The number of anilines is 1. The normalized spacial score (nSPS) is 10.3. The average Bonchev–Trinajstić information content (AvgIpc) is 2.61. The van der Waals surface area contributed by atoms with Crippen LogP contribution in [0.25, 0.3) is 22.4 Å². The van der Waals surface area contributed by atoms with E-state index in [1.54, 1.807) is 24.3 Å². The number of nitro groups is 1. The van der Waals surface area contributed by atoms with Crippen LogP contribution in [0.2, 0.25) is 0 Å². The molecule has 2 aromatic carbocycles. The lowest BCUT2D eigenvalue weighted by Crippen LogP contribution is -2.01. The summed E-state index contributed by atoms with van der Waals surface area (Å²) in [6.45, 7) is 3.94. The second kappa shape index (κ2) is 6.65. The molecule has 1 aromatic heterocycles. The predicted octanol–water partition coefficient (Wildman–Crippen LogP) is 4.39. The number of nitro benzene ring substituents is 1. The Balaban J connectivity index is 2.31. The first-order valence-electron chi connectivity index (χ1n) is 7.94. The molecular formula is C20H16N4O2. The number of nitrogen functional groups attached to an aromatic ring is 1. The summed E-state index contributed by atoms with van der Waals surface area (Å²) >= 11 is 0. The fourth-order valence-corrected chi connectivity index (χ4v) is 3.00. The quantitative estimate of drug-likeness (QED) is 0.560. The molecule has 3 aromatic rings. The van der Waals surface area contributed by atoms with Crippen molar-refractivity contribution < 1.29 is 4.92 Å². The molecule has 6 nitrogen and oxygen atoms in total. The Hall–Kier alpha value is -3.72. The van der Waals surface area contributed by atoms with E-state index >= 15 is 0 Å². The maximum absolute atomic E-state index is 11.3. The van der Waals surface area contributed by atoms with Crippen LogP contribution in [-0.2, 0) is 0 Å². The molecule has 0 aliphatic heterocycles. The van der Waals surface area contributed by atoms with Crippen molar-refractivity contribution >= 4 is 11.5 Å². The summed E-state index contributed by atoms with van der Waals surface area (Å²) in [6.07, 6.45) is 0. The number of hydrogen-bond donors (Lipinski definition) is 1. The smallest absolute Gasteiger partial charge is 0.278 e. The molecule has 6 heteroatoms. The van der Waals surface area contributed by atoms with E-state index in [0.29, 0.717) is 16.8 Å². The zero-order valence-corrected chi connectivity index (χ0v) is 14.4. The van der Waals surface area contributed by atoms with Crippen LogP contribution in [0, 0.1) is 35.3 Å². The molecule has 0 aliphatic carbocycles. The summed E-state index contributed by atoms with van der Waals surface area (Å²) in [5.74, 6) is 0.0538. The number of benzene rings is 2. The van der Waals surface area contributed by atoms with Crippen LogP contribution < -0.4 is 5.73 Å². The van der Waals surface area contributed by atoms with Gasteiger partial charge in [-0.1, -0.05) is 35.9 Å². The van der Waals surface area contributed by atoms with Crippen LogP contribution >= 0.6 is 0 Å². The zero-order chi connectivity index (χ0) is 18.8. The van der Waals surface area contributed by atoms with Gasteiger partial charge in [-0.3, -0.25) is 10.1 Å². The Bertz CT molecular complexity index is 1070. The second-order valence-corrected chi connectivity index (χ2v) is 6.02. The highest BCUT2D eigenvalue weighted by molar-refractivity contribution is 5.83. The third-order valence-corrected chi connectivity index (χ3v) is 4.21. The molecule has 0 saturated heterocycles. The first-order valence-corrected chi connectivity index (χ1v) is 7.94. The van der Waals surface area contributed by atoms with E-state index in [2.05, 4.69) is 11.1 Å². The van der Waals surface area contributed by atoms with Gasteiger partial charge in [-0.25, -0.2) is 4.98 Å². The van der Waals surface area contributed by atoms with Gasteiger partial charge in [0.15, 0.2) is 0 Å². The van der Waals surface area contributed by atoms with Gasteiger partial charge in [-0.15, -0.1) is 0 Å². The number of hydrogen-bond acceptors (Lipinski definition) is 5. The lowest BCUT2D eigenvalue weighted by Gasteiger charge is -2.13. The van der Waals surface area contributed by atoms with Crippen molar-refractivity contribution in [3.05, 3.63) is 75.3 Å². The monoisotopic (exact) mass is 344 g/mol. The molecular weight excluding hydrogens is 328 g/mol. The molecule has 0 spiro atoms. The van der Waals surface area contributed by atoms with Crippen LogP contribution in [0.5, 0.6) is 0 Å². The third kappa shape index (κ3) is 2.98. The minimum absolute atomic E-state index is 0.0538. The summed E-state index contributed by atoms with van der Waals surface area (Å²) in [5, 5.41) is 20.9. The molecule has 0 bridgehead atoms. The van der Waals surface area contributed by atoms with Crippen LogP contribution in [0.3, 0.4) is 0 Å². The van der Waals surface area contributed by atoms with Gasteiger partial charge >= 0.3 is 0 Å². The molecule has 3 rings (SSSR count). The fraction of sp³-hybridized carbons (Fsp3) is 0.100. The minimum Gasteiger partial charge on any atom is -0.383 e. The zero-order valence-electron chi connectivity index (χ0n) is 14.4. The lowest BCUT2D eigenvalue weighted by molar-refractivity contribution is -0.384. The molecule has 128 valence electrons. The number of pyridine rings is 1. The third-order valence-electron chi connectivity index (χ3n) is 4.21. The summed E-state index contributed by atoms with van der Waals surface area (Å²) in [7, 11) is 0. The van der Waals surface area contributed by atoms with E-state index in [0.717, 1.165) is 16.7 Å². The van der Waals surface area contributed by atoms with Gasteiger partial charge in [0, 0.05) is 11.6 Å². The molecule has 0 radical (unpaired) electrons. The predicted molar refractivity (Wildman–Crippen MR) is 100 cm³/mol. The summed E-state index contributed by atoms with van der Waals surface area (Å²) in [5.41, 5.74) is 10.5. The number of nitrogens with two attached hydrogens (primary N) is 1. The molecule has 1 heterocycles. The van der Waals surface area contributed by atoms with Gasteiger partial charge < -0.3 is 5.73 Å². The standard InChI is InChI=1S/C20H16N4O2/c1-12-7-8-14(13(2)9-12)16-10-18(23-20(22)17(16)11-21)15-5-3-4-6-19(15)24(25)26/h3-10H,1-2H3,(H2,22,23). The number of rotatable bonds is 3. The number of aromatic nitrogens is 1. The Labute approximate surface area is 150 Å². The maximum atomic E-state index is 11.3. The van der Waals surface area contributed by atoms with Crippen LogP contribution in [0.1, 0.15) is 16.7 Å². The molecule has 0 atom stereocenters. The number of nitriles is 1. The largest absolute Gasteiger partial charge is 0.383 e. The van der Waals surface area contributed by atoms with Crippen LogP contribution in [0.4, 0.5) is 11.5 Å². The molecule has 0 unspecified atom stereocenters. The van der Waals surface area contributed by atoms with Gasteiger partial charge in [0.1, 0.15) is 17.5 Å². The Morgan fingerprint density at radius 2 is 1.81 bits per heavy atom. The minimum atomic E-state index is -0.456. The van der Waals surface area contributed by atoms with E-state index in [1.807, 2.05) is 32.0 Å². The summed E-state index contributed by atoms with van der Waals surface area (Å²) in [6, 6.07) is 16.0. The summed E-state index contributed by atoms with van der Waals surface area (Å²) in [4.78, 5) is 15.1. The van der Waals surface area contributed by atoms with Gasteiger partial charge in [-0.05, 0) is 37.1 Å². The SMILES string of the molecule is Cc1ccc(-c2cc(-c3ccccc3[N+](=O)[O-])nc(N)c2C#N)c(C)c1. The van der Waals surface area contributed by atoms with E-state index in [4.69, 9.17) is 5.73 Å².